The Balaban J connectivity index is 1.62. The van der Waals surface area contributed by atoms with E-state index in [-0.39, 0.29) is 11.9 Å². The van der Waals surface area contributed by atoms with Gasteiger partial charge in [-0.1, -0.05) is 6.92 Å². The smallest absolute Gasteiger partial charge is 0.222 e. The molecule has 1 saturated carbocycles. The highest BCUT2D eigenvalue weighted by Gasteiger charge is 2.69. The fourth-order valence-corrected chi connectivity index (χ4v) is 6.72. The zero-order valence-electron chi connectivity index (χ0n) is 12.1. The molecule has 4 heterocycles. The summed E-state index contributed by atoms with van der Waals surface area (Å²) in [5, 5.41) is 14.4. The molecule has 0 aromatic rings. The summed E-state index contributed by atoms with van der Waals surface area (Å²) in [6.07, 6.45) is 5.30. The van der Waals surface area contributed by atoms with E-state index in [9.17, 15) is 9.90 Å². The van der Waals surface area contributed by atoms with Gasteiger partial charge in [-0.3, -0.25) is 9.69 Å². The molecule has 4 saturated heterocycles. The zero-order chi connectivity index (χ0) is 13.6. The van der Waals surface area contributed by atoms with E-state index in [0.717, 1.165) is 24.8 Å². The molecule has 1 amide bonds. The fraction of sp³-hybridized carbons (Fsp3) is 0.938. The maximum atomic E-state index is 11.9. The molecule has 4 nitrogen and oxygen atoms in total. The van der Waals surface area contributed by atoms with Gasteiger partial charge in [-0.15, -0.1) is 0 Å². The van der Waals surface area contributed by atoms with Gasteiger partial charge in [0.1, 0.15) is 0 Å². The van der Waals surface area contributed by atoms with Crippen molar-refractivity contribution in [1.29, 1.82) is 0 Å². The molecule has 0 aromatic heterocycles. The molecule has 4 heteroatoms. The van der Waals surface area contributed by atoms with Gasteiger partial charge in [0.2, 0.25) is 5.91 Å². The molecule has 9 unspecified atom stereocenters. The van der Waals surface area contributed by atoms with Crippen molar-refractivity contribution < 1.29 is 9.90 Å². The van der Waals surface area contributed by atoms with E-state index in [1.807, 2.05) is 0 Å². The Bertz CT molecular complexity index is 481. The Morgan fingerprint density at radius 1 is 1.30 bits per heavy atom. The Kier molecular flexibility index (Phi) is 2.15. The van der Waals surface area contributed by atoms with Gasteiger partial charge in [-0.2, -0.15) is 0 Å². The van der Waals surface area contributed by atoms with Gasteiger partial charge in [0.15, 0.2) is 5.72 Å². The normalized spacial score (nSPS) is 63.0. The van der Waals surface area contributed by atoms with Crippen LogP contribution in [0.2, 0.25) is 0 Å². The predicted octanol–water partition coefficient (Wildman–Crippen LogP) is 0.950. The van der Waals surface area contributed by atoms with Crippen molar-refractivity contribution in [1.82, 2.24) is 10.2 Å². The molecular formula is C16H24N2O2. The minimum atomic E-state index is -0.934. The third kappa shape index (κ3) is 1.24. The Hall–Kier alpha value is -0.610. The Morgan fingerprint density at radius 2 is 2.15 bits per heavy atom. The van der Waals surface area contributed by atoms with Crippen molar-refractivity contribution in [3.05, 3.63) is 0 Å². The van der Waals surface area contributed by atoms with Gasteiger partial charge in [-0.05, 0) is 49.4 Å². The van der Waals surface area contributed by atoms with Crippen LogP contribution in [-0.4, -0.2) is 40.3 Å². The van der Waals surface area contributed by atoms with Crippen LogP contribution < -0.4 is 5.32 Å². The molecule has 5 bridgehead atoms. The SMILES string of the molecule is CC1CC2C3CC4CN(C3C1)C2C1(O)NC(=O)CCC41. The van der Waals surface area contributed by atoms with Gasteiger partial charge in [0, 0.05) is 24.9 Å². The summed E-state index contributed by atoms with van der Waals surface area (Å²) in [7, 11) is 0. The van der Waals surface area contributed by atoms with E-state index in [0.29, 0.717) is 30.2 Å². The topological polar surface area (TPSA) is 52.6 Å². The van der Waals surface area contributed by atoms with Crippen LogP contribution in [0.5, 0.6) is 0 Å². The lowest BCUT2D eigenvalue weighted by molar-refractivity contribution is -0.187. The van der Waals surface area contributed by atoms with Crippen molar-refractivity contribution >= 4 is 5.91 Å². The van der Waals surface area contributed by atoms with Crippen LogP contribution in [0.3, 0.4) is 0 Å². The third-order valence-corrected chi connectivity index (χ3v) is 7.18. The summed E-state index contributed by atoms with van der Waals surface area (Å²) in [6, 6.07) is 0.865. The summed E-state index contributed by atoms with van der Waals surface area (Å²) in [5.41, 5.74) is -0.934. The quantitative estimate of drug-likeness (QED) is 0.692. The highest BCUT2D eigenvalue weighted by Crippen LogP contribution is 2.61. The lowest BCUT2D eigenvalue weighted by Gasteiger charge is -2.56. The number of piperidine rings is 3. The van der Waals surface area contributed by atoms with Crippen LogP contribution in [-0.2, 0) is 4.79 Å². The molecule has 4 aliphatic heterocycles. The summed E-state index contributed by atoms with van der Waals surface area (Å²) < 4.78 is 0. The van der Waals surface area contributed by atoms with Gasteiger partial charge in [-0.25, -0.2) is 0 Å². The van der Waals surface area contributed by atoms with Gasteiger partial charge < -0.3 is 10.4 Å². The van der Waals surface area contributed by atoms with Crippen LogP contribution in [0.4, 0.5) is 0 Å². The van der Waals surface area contributed by atoms with Crippen LogP contribution in [0, 0.1) is 29.6 Å². The molecule has 0 radical (unpaired) electrons. The molecule has 0 aromatic carbocycles. The van der Waals surface area contributed by atoms with Crippen LogP contribution in [0.15, 0.2) is 0 Å². The van der Waals surface area contributed by atoms with Gasteiger partial charge in [0.25, 0.3) is 0 Å². The Morgan fingerprint density at radius 3 is 3.00 bits per heavy atom. The van der Waals surface area contributed by atoms with E-state index < -0.39 is 5.72 Å². The first kappa shape index (κ1) is 12.0. The lowest BCUT2D eigenvalue weighted by Crippen LogP contribution is -2.73. The largest absolute Gasteiger partial charge is 0.369 e. The number of nitrogens with zero attached hydrogens (tertiary/aromatic N) is 1. The van der Waals surface area contributed by atoms with E-state index >= 15 is 0 Å². The van der Waals surface area contributed by atoms with Gasteiger partial charge in [0.05, 0.1) is 6.04 Å². The summed E-state index contributed by atoms with van der Waals surface area (Å²) in [6.45, 7) is 3.52. The van der Waals surface area contributed by atoms with Crippen LogP contribution >= 0.6 is 0 Å². The third-order valence-electron chi connectivity index (χ3n) is 7.18. The summed E-state index contributed by atoms with van der Waals surface area (Å²) in [4.78, 5) is 14.5. The minimum absolute atomic E-state index is 0.0531. The first-order valence-electron chi connectivity index (χ1n) is 8.37. The van der Waals surface area contributed by atoms with E-state index in [1.165, 1.54) is 19.3 Å². The monoisotopic (exact) mass is 276 g/mol. The molecule has 20 heavy (non-hydrogen) atoms. The van der Waals surface area contributed by atoms with Crippen molar-refractivity contribution in [3.8, 4) is 0 Å². The van der Waals surface area contributed by atoms with E-state index in [2.05, 4.69) is 17.1 Å². The number of rotatable bonds is 0. The second-order valence-corrected chi connectivity index (χ2v) is 8.13. The summed E-state index contributed by atoms with van der Waals surface area (Å²) in [5.74, 6) is 3.09. The second kappa shape index (κ2) is 3.58. The standard InChI is InChI=1S/C16H24N2O2/c1-8-4-11-10-6-9-7-18(13(10)5-8)15(11)16(20)12(9)2-3-14(19)17-16/h8-13,15,20H,2-7H2,1H3,(H,17,19). The maximum Gasteiger partial charge on any atom is 0.222 e. The summed E-state index contributed by atoms with van der Waals surface area (Å²) >= 11 is 0. The average molecular weight is 276 g/mol. The number of amides is 1. The first-order valence-corrected chi connectivity index (χ1v) is 8.37. The predicted molar refractivity (Wildman–Crippen MR) is 73.6 cm³/mol. The van der Waals surface area contributed by atoms with Crippen molar-refractivity contribution in [2.75, 3.05) is 6.54 Å². The van der Waals surface area contributed by atoms with Crippen molar-refractivity contribution in [2.45, 2.75) is 56.8 Å². The molecule has 5 aliphatic rings. The number of carbonyl (C=O) groups excluding carboxylic acids is 1. The number of hydrogen-bond acceptors (Lipinski definition) is 3. The molecular weight excluding hydrogens is 252 g/mol. The number of hydrogen-bond donors (Lipinski definition) is 2. The van der Waals surface area contributed by atoms with E-state index in [4.69, 9.17) is 0 Å². The molecule has 2 N–H and O–H groups in total. The molecule has 5 fully saturated rings. The number of aliphatic hydroxyl groups is 1. The van der Waals surface area contributed by atoms with Crippen LogP contribution in [0.1, 0.15) is 39.0 Å². The second-order valence-electron chi connectivity index (χ2n) is 8.13. The molecule has 9 atom stereocenters. The fourth-order valence-electron chi connectivity index (χ4n) is 6.72. The maximum absolute atomic E-state index is 11.9. The van der Waals surface area contributed by atoms with Crippen LogP contribution in [0.25, 0.3) is 0 Å². The average Bonchev–Trinajstić information content (AvgIpc) is 2.55. The first-order chi connectivity index (χ1) is 9.58. The van der Waals surface area contributed by atoms with Gasteiger partial charge >= 0.3 is 0 Å². The highest BCUT2D eigenvalue weighted by molar-refractivity contribution is 5.77. The molecule has 5 rings (SSSR count). The molecule has 110 valence electrons. The lowest BCUT2D eigenvalue weighted by atomic mass is 9.69. The minimum Gasteiger partial charge on any atom is -0.369 e. The molecule has 0 spiro atoms. The van der Waals surface area contributed by atoms with E-state index in [1.54, 1.807) is 0 Å². The number of nitrogens with one attached hydrogen (secondary N) is 1. The van der Waals surface area contributed by atoms with Crippen molar-refractivity contribution in [3.63, 3.8) is 0 Å². The highest BCUT2D eigenvalue weighted by atomic mass is 16.3. The number of fused-ring (bicyclic) bond motifs is 5. The molecule has 1 aliphatic carbocycles. The number of carbonyl (C=O) groups is 1. The Labute approximate surface area is 119 Å². The van der Waals surface area contributed by atoms with Crippen molar-refractivity contribution in [2.24, 2.45) is 29.6 Å². The zero-order valence-corrected chi connectivity index (χ0v) is 12.1.